The molecule has 0 spiro atoms. The largest absolute Gasteiger partial charge is 0.372 e. The molecular weight excluding hydrogens is 400 g/mol. The highest BCUT2D eigenvalue weighted by atomic mass is 35.5. The quantitative estimate of drug-likeness (QED) is 0.665. The van der Waals surface area contributed by atoms with Crippen LogP contribution >= 0.6 is 11.6 Å². The third-order valence-electron chi connectivity index (χ3n) is 5.38. The van der Waals surface area contributed by atoms with Crippen molar-refractivity contribution in [3.63, 3.8) is 0 Å². The van der Waals surface area contributed by atoms with Gasteiger partial charge in [0.25, 0.3) is 5.91 Å². The van der Waals surface area contributed by atoms with Gasteiger partial charge in [-0.3, -0.25) is 14.5 Å². The molecule has 1 aliphatic heterocycles. The Morgan fingerprint density at radius 3 is 2.50 bits per heavy atom. The van der Waals surface area contributed by atoms with Gasteiger partial charge in [-0.1, -0.05) is 65.7 Å². The van der Waals surface area contributed by atoms with E-state index < -0.39 is 11.5 Å². The van der Waals surface area contributed by atoms with E-state index in [1.807, 2.05) is 32.0 Å². The van der Waals surface area contributed by atoms with Crippen LogP contribution in [-0.2, 0) is 15.2 Å². The van der Waals surface area contributed by atoms with Gasteiger partial charge in [-0.2, -0.15) is 0 Å². The SMILES string of the molecule is Cc1ccc(C2(O)C(=O)N(CC(=O)Nc3cc(Cl)ccc3C)c3ccccc32)cc1. The maximum absolute atomic E-state index is 13.4. The van der Waals surface area contributed by atoms with E-state index in [2.05, 4.69) is 5.32 Å². The standard InChI is InChI=1S/C24H21ClN2O3/c1-15-7-10-17(11-8-15)24(30)19-5-3-4-6-21(19)27(23(24)29)14-22(28)26-20-13-18(25)12-9-16(20)2/h3-13,30H,14H2,1-2H3,(H,26,28). The third kappa shape index (κ3) is 3.36. The van der Waals surface area contributed by atoms with Crippen molar-refractivity contribution >= 4 is 34.8 Å². The van der Waals surface area contributed by atoms with Gasteiger partial charge < -0.3 is 10.4 Å². The molecule has 1 atom stereocenters. The smallest absolute Gasteiger partial charge is 0.268 e. The normalized spacial score (nSPS) is 17.7. The molecule has 0 saturated carbocycles. The number of hydrogen-bond acceptors (Lipinski definition) is 3. The topological polar surface area (TPSA) is 69.6 Å². The van der Waals surface area contributed by atoms with Crippen LogP contribution in [0.5, 0.6) is 0 Å². The van der Waals surface area contributed by atoms with Crippen LogP contribution in [0.15, 0.2) is 66.7 Å². The summed E-state index contributed by atoms with van der Waals surface area (Å²) in [5, 5.41) is 14.8. The van der Waals surface area contributed by atoms with Crippen LogP contribution in [0, 0.1) is 13.8 Å². The predicted octanol–water partition coefficient (Wildman–Crippen LogP) is 4.18. The van der Waals surface area contributed by atoms with Crippen molar-refractivity contribution in [2.45, 2.75) is 19.4 Å². The third-order valence-corrected chi connectivity index (χ3v) is 5.62. The van der Waals surface area contributed by atoms with Gasteiger partial charge in [0, 0.05) is 16.3 Å². The Bertz CT molecular complexity index is 1140. The second kappa shape index (κ2) is 7.59. The number of anilines is 2. The first-order valence-electron chi connectivity index (χ1n) is 9.57. The molecule has 0 saturated heterocycles. The van der Waals surface area contributed by atoms with E-state index in [-0.39, 0.29) is 12.5 Å². The minimum Gasteiger partial charge on any atom is -0.372 e. The highest BCUT2D eigenvalue weighted by Crippen LogP contribution is 2.44. The zero-order valence-corrected chi connectivity index (χ0v) is 17.4. The van der Waals surface area contributed by atoms with Gasteiger partial charge in [-0.15, -0.1) is 0 Å². The summed E-state index contributed by atoms with van der Waals surface area (Å²) in [6.07, 6.45) is 0. The molecule has 30 heavy (non-hydrogen) atoms. The van der Waals surface area contributed by atoms with Crippen molar-refractivity contribution in [1.82, 2.24) is 0 Å². The fourth-order valence-electron chi connectivity index (χ4n) is 3.73. The molecule has 0 radical (unpaired) electrons. The number of rotatable bonds is 4. The van der Waals surface area contributed by atoms with E-state index in [9.17, 15) is 14.7 Å². The summed E-state index contributed by atoms with van der Waals surface area (Å²) in [7, 11) is 0. The number of halogens is 1. The summed E-state index contributed by atoms with van der Waals surface area (Å²) in [4.78, 5) is 27.4. The van der Waals surface area contributed by atoms with Gasteiger partial charge in [-0.05, 0) is 43.2 Å². The molecule has 6 heteroatoms. The fourth-order valence-corrected chi connectivity index (χ4v) is 3.90. The summed E-state index contributed by atoms with van der Waals surface area (Å²) in [6, 6.07) is 19.4. The first kappa shape index (κ1) is 20.1. The predicted molar refractivity (Wildman–Crippen MR) is 118 cm³/mol. The molecule has 152 valence electrons. The molecule has 0 bridgehead atoms. The van der Waals surface area contributed by atoms with E-state index in [1.54, 1.807) is 48.5 Å². The summed E-state index contributed by atoms with van der Waals surface area (Å²) >= 11 is 6.03. The number of fused-ring (bicyclic) bond motifs is 1. The van der Waals surface area contributed by atoms with Crippen LogP contribution in [0.25, 0.3) is 0 Å². The first-order valence-corrected chi connectivity index (χ1v) is 9.95. The summed E-state index contributed by atoms with van der Waals surface area (Å²) in [5.41, 5.74) is 2.08. The molecule has 3 aromatic carbocycles. The van der Waals surface area contributed by atoms with Gasteiger partial charge in [0.15, 0.2) is 5.60 Å². The Hall–Kier alpha value is -3.15. The second-order valence-electron chi connectivity index (χ2n) is 7.49. The molecule has 2 N–H and O–H groups in total. The van der Waals surface area contributed by atoms with Crippen LogP contribution in [0.3, 0.4) is 0 Å². The van der Waals surface area contributed by atoms with Gasteiger partial charge in [0.2, 0.25) is 5.91 Å². The van der Waals surface area contributed by atoms with E-state index in [0.717, 1.165) is 11.1 Å². The van der Waals surface area contributed by atoms with E-state index in [4.69, 9.17) is 11.6 Å². The van der Waals surface area contributed by atoms with Crippen molar-refractivity contribution in [3.05, 3.63) is 94.0 Å². The number of aryl methyl sites for hydroxylation is 2. The maximum atomic E-state index is 13.4. The zero-order chi connectivity index (χ0) is 21.5. The van der Waals surface area contributed by atoms with Crippen LogP contribution < -0.4 is 10.2 Å². The number of aliphatic hydroxyl groups is 1. The lowest BCUT2D eigenvalue weighted by Gasteiger charge is -2.23. The Morgan fingerprint density at radius 1 is 1.07 bits per heavy atom. The van der Waals surface area contributed by atoms with Crippen molar-refractivity contribution in [3.8, 4) is 0 Å². The monoisotopic (exact) mass is 420 g/mol. The van der Waals surface area contributed by atoms with Gasteiger partial charge in [0.05, 0.1) is 5.69 Å². The average Bonchev–Trinajstić information content (AvgIpc) is 2.94. The number of nitrogens with one attached hydrogen (secondary N) is 1. The number of benzene rings is 3. The van der Waals surface area contributed by atoms with Crippen LogP contribution in [-0.4, -0.2) is 23.5 Å². The lowest BCUT2D eigenvalue weighted by atomic mass is 9.87. The highest BCUT2D eigenvalue weighted by molar-refractivity contribution is 6.31. The van der Waals surface area contributed by atoms with E-state index in [1.165, 1.54) is 4.90 Å². The van der Waals surface area contributed by atoms with E-state index in [0.29, 0.717) is 27.5 Å². The number of amides is 2. The molecule has 4 rings (SSSR count). The molecule has 1 heterocycles. The molecule has 0 aliphatic carbocycles. The lowest BCUT2D eigenvalue weighted by Crippen LogP contribution is -2.44. The number of hydrogen-bond donors (Lipinski definition) is 2. The Kier molecular flexibility index (Phi) is 5.10. The molecule has 0 fully saturated rings. The molecule has 3 aromatic rings. The minimum absolute atomic E-state index is 0.226. The zero-order valence-electron chi connectivity index (χ0n) is 16.6. The number of para-hydroxylation sites is 1. The van der Waals surface area contributed by atoms with E-state index >= 15 is 0 Å². The fraction of sp³-hybridized carbons (Fsp3) is 0.167. The average molecular weight is 421 g/mol. The molecule has 5 nitrogen and oxygen atoms in total. The molecule has 2 amide bonds. The number of nitrogens with zero attached hydrogens (tertiary/aromatic N) is 1. The first-order chi connectivity index (χ1) is 14.3. The Balaban J connectivity index is 1.66. The lowest BCUT2D eigenvalue weighted by molar-refractivity contribution is -0.133. The van der Waals surface area contributed by atoms with Crippen LogP contribution in [0.4, 0.5) is 11.4 Å². The Labute approximate surface area is 179 Å². The van der Waals surface area contributed by atoms with Gasteiger partial charge in [-0.25, -0.2) is 0 Å². The van der Waals surface area contributed by atoms with Crippen LogP contribution in [0.1, 0.15) is 22.3 Å². The summed E-state index contributed by atoms with van der Waals surface area (Å²) < 4.78 is 0. The molecule has 1 unspecified atom stereocenters. The van der Waals surface area contributed by atoms with Crippen molar-refractivity contribution in [2.24, 2.45) is 0 Å². The summed E-state index contributed by atoms with van der Waals surface area (Å²) in [5.74, 6) is -0.929. The van der Waals surface area contributed by atoms with Gasteiger partial charge >= 0.3 is 0 Å². The molecular formula is C24H21ClN2O3. The maximum Gasteiger partial charge on any atom is 0.268 e. The van der Waals surface area contributed by atoms with Crippen molar-refractivity contribution in [1.29, 1.82) is 0 Å². The number of carbonyl (C=O) groups excluding carboxylic acids is 2. The Morgan fingerprint density at radius 2 is 1.77 bits per heavy atom. The molecule has 1 aliphatic rings. The van der Waals surface area contributed by atoms with Crippen LogP contribution in [0.2, 0.25) is 5.02 Å². The highest BCUT2D eigenvalue weighted by Gasteiger charge is 2.51. The summed E-state index contributed by atoms with van der Waals surface area (Å²) in [6.45, 7) is 3.57. The number of carbonyl (C=O) groups is 2. The van der Waals surface area contributed by atoms with Crippen molar-refractivity contribution in [2.75, 3.05) is 16.8 Å². The van der Waals surface area contributed by atoms with Gasteiger partial charge in [0.1, 0.15) is 6.54 Å². The minimum atomic E-state index is -1.84. The van der Waals surface area contributed by atoms with Crippen molar-refractivity contribution < 1.29 is 14.7 Å². The second-order valence-corrected chi connectivity index (χ2v) is 7.93. The molecule has 0 aromatic heterocycles.